The number of hydrogen-bond acceptors (Lipinski definition) is 3. The van der Waals surface area contributed by atoms with Crippen molar-refractivity contribution < 1.29 is 9.21 Å². The van der Waals surface area contributed by atoms with Gasteiger partial charge in [0, 0.05) is 5.69 Å². The summed E-state index contributed by atoms with van der Waals surface area (Å²) in [5.41, 5.74) is 1.96. The number of hydrogen-bond donors (Lipinski definition) is 0. The van der Waals surface area contributed by atoms with Gasteiger partial charge in [0.05, 0.1) is 24.8 Å². The molecule has 0 bridgehead atoms. The topological polar surface area (TPSA) is 48.0 Å². The van der Waals surface area contributed by atoms with E-state index in [2.05, 4.69) is 4.98 Å². The molecule has 2 aromatic rings. The number of carbonyl (C=O) groups is 1. The molecule has 0 spiro atoms. The Morgan fingerprint density at radius 1 is 1.53 bits per heavy atom. The van der Waals surface area contributed by atoms with Crippen LogP contribution in [0, 0.1) is 13.8 Å². The van der Waals surface area contributed by atoms with Crippen molar-refractivity contribution in [3.63, 3.8) is 0 Å². The molecule has 2 heterocycles. The van der Waals surface area contributed by atoms with Gasteiger partial charge in [0.25, 0.3) is 0 Å². The molecule has 0 saturated carbocycles. The highest BCUT2D eigenvalue weighted by Crippen LogP contribution is 2.07. The van der Waals surface area contributed by atoms with Gasteiger partial charge in [0.1, 0.15) is 0 Å². The maximum Gasteiger partial charge on any atom is 0.217 e. The van der Waals surface area contributed by atoms with Gasteiger partial charge < -0.3 is 8.98 Å². The van der Waals surface area contributed by atoms with Crippen molar-refractivity contribution in [3.8, 4) is 0 Å². The minimum absolute atomic E-state index is 0.0412. The molecule has 0 radical (unpaired) electrons. The first-order valence-electron chi connectivity index (χ1n) is 4.73. The van der Waals surface area contributed by atoms with Gasteiger partial charge in [-0.3, -0.25) is 4.79 Å². The van der Waals surface area contributed by atoms with Crippen LogP contribution in [0.3, 0.4) is 0 Å². The molecule has 0 unspecified atom stereocenters. The van der Waals surface area contributed by atoms with Gasteiger partial charge >= 0.3 is 0 Å². The number of aryl methyl sites for hydroxylation is 1. The number of furan rings is 1. The highest BCUT2D eigenvalue weighted by atomic mass is 16.3. The summed E-state index contributed by atoms with van der Waals surface area (Å²) in [6, 6.07) is 3.38. The monoisotopic (exact) mass is 204 g/mol. The van der Waals surface area contributed by atoms with E-state index in [4.69, 9.17) is 4.42 Å². The Balaban J connectivity index is 2.16. The molecular weight excluding hydrogens is 192 g/mol. The van der Waals surface area contributed by atoms with Gasteiger partial charge in [0.2, 0.25) is 5.78 Å². The highest BCUT2D eigenvalue weighted by Gasteiger charge is 2.11. The first kappa shape index (κ1) is 9.71. The molecule has 2 aromatic heterocycles. The van der Waals surface area contributed by atoms with E-state index >= 15 is 0 Å². The average Bonchev–Trinajstić information content (AvgIpc) is 2.83. The Labute approximate surface area is 87.5 Å². The van der Waals surface area contributed by atoms with Crippen molar-refractivity contribution in [3.05, 3.63) is 41.9 Å². The Hall–Kier alpha value is -1.84. The van der Waals surface area contributed by atoms with Crippen LogP contribution in [0.5, 0.6) is 0 Å². The van der Waals surface area contributed by atoms with Crippen LogP contribution >= 0.6 is 0 Å². The zero-order chi connectivity index (χ0) is 10.8. The van der Waals surface area contributed by atoms with E-state index in [9.17, 15) is 4.79 Å². The lowest BCUT2D eigenvalue weighted by molar-refractivity contribution is 0.0944. The number of Topliss-reactive ketones (excluding diaryl/α,β-unsaturated/α-hetero) is 1. The molecule has 0 amide bonds. The van der Waals surface area contributed by atoms with Crippen molar-refractivity contribution in [1.29, 1.82) is 0 Å². The number of carbonyl (C=O) groups excluding carboxylic acids is 1. The highest BCUT2D eigenvalue weighted by molar-refractivity contribution is 5.93. The van der Waals surface area contributed by atoms with Crippen LogP contribution in [0.15, 0.2) is 29.1 Å². The van der Waals surface area contributed by atoms with Crippen LogP contribution in [0.4, 0.5) is 0 Å². The fraction of sp³-hybridized carbons (Fsp3) is 0.273. The smallest absolute Gasteiger partial charge is 0.217 e. The first-order chi connectivity index (χ1) is 7.18. The summed E-state index contributed by atoms with van der Waals surface area (Å²) in [6.07, 6.45) is 3.17. The second-order valence-electron chi connectivity index (χ2n) is 3.44. The molecule has 15 heavy (non-hydrogen) atoms. The van der Waals surface area contributed by atoms with Gasteiger partial charge in [-0.05, 0) is 26.0 Å². The molecule has 4 heteroatoms. The van der Waals surface area contributed by atoms with Gasteiger partial charge in [-0.15, -0.1) is 0 Å². The van der Waals surface area contributed by atoms with E-state index in [1.165, 1.54) is 6.26 Å². The number of aromatic nitrogens is 2. The van der Waals surface area contributed by atoms with E-state index in [-0.39, 0.29) is 12.3 Å². The third-order valence-electron chi connectivity index (χ3n) is 2.46. The Bertz CT molecular complexity index is 469. The predicted octanol–water partition coefficient (Wildman–Crippen LogP) is 1.98. The van der Waals surface area contributed by atoms with E-state index in [1.807, 2.05) is 18.4 Å². The summed E-state index contributed by atoms with van der Waals surface area (Å²) in [5, 5.41) is 0. The third kappa shape index (κ3) is 1.83. The van der Waals surface area contributed by atoms with Crippen LogP contribution in [-0.2, 0) is 6.54 Å². The molecule has 0 aromatic carbocycles. The lowest BCUT2D eigenvalue weighted by atomic mass is 10.3. The summed E-state index contributed by atoms with van der Waals surface area (Å²) in [5.74, 6) is 0.348. The largest absolute Gasteiger partial charge is 0.461 e. The van der Waals surface area contributed by atoms with Crippen LogP contribution < -0.4 is 0 Å². The van der Waals surface area contributed by atoms with Crippen LogP contribution in [0.2, 0.25) is 0 Å². The first-order valence-corrected chi connectivity index (χ1v) is 4.73. The maximum atomic E-state index is 11.7. The molecule has 0 aliphatic carbocycles. The number of rotatable bonds is 3. The normalized spacial score (nSPS) is 10.5. The Morgan fingerprint density at radius 2 is 2.33 bits per heavy atom. The minimum Gasteiger partial charge on any atom is -0.461 e. The molecule has 0 aliphatic rings. The van der Waals surface area contributed by atoms with E-state index in [0.717, 1.165) is 11.4 Å². The molecule has 0 aliphatic heterocycles. The molecule has 2 rings (SSSR count). The molecule has 4 nitrogen and oxygen atoms in total. The summed E-state index contributed by atoms with van der Waals surface area (Å²) in [4.78, 5) is 15.8. The van der Waals surface area contributed by atoms with E-state index in [1.54, 1.807) is 18.5 Å². The molecule has 0 fully saturated rings. The van der Waals surface area contributed by atoms with E-state index < -0.39 is 0 Å². The van der Waals surface area contributed by atoms with Crippen LogP contribution in [0.1, 0.15) is 21.9 Å². The third-order valence-corrected chi connectivity index (χ3v) is 2.46. The van der Waals surface area contributed by atoms with Crippen molar-refractivity contribution >= 4 is 5.78 Å². The Kier molecular flexibility index (Phi) is 2.41. The Morgan fingerprint density at radius 3 is 2.87 bits per heavy atom. The number of imidazole rings is 1. The van der Waals surface area contributed by atoms with Gasteiger partial charge in [0.15, 0.2) is 5.76 Å². The molecule has 0 N–H and O–H groups in total. The van der Waals surface area contributed by atoms with Crippen LogP contribution in [0.25, 0.3) is 0 Å². The quantitative estimate of drug-likeness (QED) is 0.718. The summed E-state index contributed by atoms with van der Waals surface area (Å²) >= 11 is 0. The van der Waals surface area contributed by atoms with Gasteiger partial charge in [-0.2, -0.15) is 0 Å². The zero-order valence-electron chi connectivity index (χ0n) is 8.73. The fourth-order valence-electron chi connectivity index (χ4n) is 1.37. The maximum absolute atomic E-state index is 11.7. The SMILES string of the molecule is Cc1ncn(CC(=O)c2ccco2)c1C. The number of nitrogens with zero attached hydrogens (tertiary/aromatic N) is 2. The minimum atomic E-state index is -0.0412. The summed E-state index contributed by atoms with van der Waals surface area (Å²) in [7, 11) is 0. The van der Waals surface area contributed by atoms with Gasteiger partial charge in [-0.25, -0.2) is 4.98 Å². The zero-order valence-corrected chi connectivity index (χ0v) is 8.73. The van der Waals surface area contributed by atoms with Gasteiger partial charge in [-0.1, -0.05) is 0 Å². The molecular formula is C11H12N2O2. The second-order valence-corrected chi connectivity index (χ2v) is 3.44. The fourth-order valence-corrected chi connectivity index (χ4v) is 1.37. The standard InChI is InChI=1S/C11H12N2O2/c1-8-9(2)13(7-12-8)6-10(14)11-4-3-5-15-11/h3-5,7H,6H2,1-2H3. The lowest BCUT2D eigenvalue weighted by Gasteiger charge is -2.02. The van der Waals surface area contributed by atoms with Crippen molar-refractivity contribution in [2.45, 2.75) is 20.4 Å². The van der Waals surface area contributed by atoms with Crippen molar-refractivity contribution in [1.82, 2.24) is 9.55 Å². The van der Waals surface area contributed by atoms with Crippen molar-refractivity contribution in [2.24, 2.45) is 0 Å². The van der Waals surface area contributed by atoms with E-state index in [0.29, 0.717) is 5.76 Å². The molecule has 0 saturated heterocycles. The molecule has 78 valence electrons. The van der Waals surface area contributed by atoms with Crippen molar-refractivity contribution in [2.75, 3.05) is 0 Å². The molecule has 0 atom stereocenters. The second kappa shape index (κ2) is 3.73. The summed E-state index contributed by atoms with van der Waals surface area (Å²) in [6.45, 7) is 4.14. The lowest BCUT2D eigenvalue weighted by Crippen LogP contribution is -2.10. The summed E-state index contributed by atoms with van der Waals surface area (Å²) < 4.78 is 6.85. The average molecular weight is 204 g/mol. The number of ketones is 1. The van der Waals surface area contributed by atoms with Crippen LogP contribution in [-0.4, -0.2) is 15.3 Å². The predicted molar refractivity (Wildman–Crippen MR) is 54.7 cm³/mol.